The number of allylic oxidation sites excluding steroid dienone is 3. The fourth-order valence-electron chi connectivity index (χ4n) is 12.9. The van der Waals surface area contributed by atoms with Gasteiger partial charge < -0.3 is 89.9 Å². The molecule has 12 N–H and O–H groups in total. The molecule has 3 saturated heterocycles. The van der Waals surface area contributed by atoms with Crippen molar-refractivity contribution in [3.8, 4) is 0 Å². The number of aliphatic hydroxyl groups is 11. The molecule has 3 heterocycles. The van der Waals surface area contributed by atoms with Crippen LogP contribution in [-0.4, -0.2) is 193 Å². The summed E-state index contributed by atoms with van der Waals surface area (Å²) < 4.78 is 34.4. The molecule has 0 aliphatic carbocycles. The van der Waals surface area contributed by atoms with Gasteiger partial charge in [-0.3, -0.25) is 4.79 Å². The molecule has 3 aliphatic heterocycles. The van der Waals surface area contributed by atoms with Crippen LogP contribution in [0, 0.1) is 0 Å². The largest absolute Gasteiger partial charge is 0.394 e. The molecule has 3 aliphatic rings. The van der Waals surface area contributed by atoms with Gasteiger partial charge in [0.1, 0.15) is 73.2 Å². The molecule has 0 saturated carbocycles. The summed E-state index contributed by atoms with van der Waals surface area (Å²) in [5.41, 5.74) is 0. The second-order valence-electron chi connectivity index (χ2n) is 27.1. The van der Waals surface area contributed by atoms with E-state index in [2.05, 4.69) is 31.3 Å². The minimum absolute atomic E-state index is 0.241. The van der Waals surface area contributed by atoms with Crippen LogP contribution in [0.2, 0.25) is 0 Å². The van der Waals surface area contributed by atoms with E-state index in [-0.39, 0.29) is 18.9 Å². The summed E-state index contributed by atoms with van der Waals surface area (Å²) in [6, 6.07) is -0.987. The third-order valence-corrected chi connectivity index (χ3v) is 19.0. The van der Waals surface area contributed by atoms with Gasteiger partial charge in [0.15, 0.2) is 18.9 Å². The lowest BCUT2D eigenvalue weighted by molar-refractivity contribution is -0.379. The van der Waals surface area contributed by atoms with Crippen LogP contribution in [0.3, 0.4) is 0 Å². The molecule has 3 fully saturated rings. The fourth-order valence-corrected chi connectivity index (χ4v) is 12.9. The van der Waals surface area contributed by atoms with Gasteiger partial charge in [-0.25, -0.2) is 0 Å². The van der Waals surface area contributed by atoms with Crippen molar-refractivity contribution in [2.75, 3.05) is 26.4 Å². The predicted molar refractivity (Wildman–Crippen MR) is 360 cm³/mol. The van der Waals surface area contributed by atoms with Crippen molar-refractivity contribution in [2.24, 2.45) is 0 Å². The minimum atomic E-state index is -1.98. The van der Waals surface area contributed by atoms with Crippen molar-refractivity contribution in [2.45, 2.75) is 407 Å². The molecule has 0 bridgehead atoms. The van der Waals surface area contributed by atoms with Gasteiger partial charge in [-0.05, 0) is 32.1 Å². The number of amides is 1. The number of nitrogens with one attached hydrogen (secondary N) is 1. The Morgan fingerprint density at radius 1 is 0.380 bits per heavy atom. The van der Waals surface area contributed by atoms with Crippen molar-refractivity contribution in [3.63, 3.8) is 0 Å². The Hall–Kier alpha value is -1.73. The average Bonchev–Trinajstić information content (AvgIpc) is 0.856. The number of carbonyl (C=O) groups excluding carboxylic acids is 1. The number of hydrogen-bond donors (Lipinski definition) is 12. The van der Waals surface area contributed by atoms with Crippen LogP contribution in [0.4, 0.5) is 0 Å². The van der Waals surface area contributed by atoms with Crippen LogP contribution in [0.1, 0.15) is 303 Å². The van der Waals surface area contributed by atoms with Crippen LogP contribution in [0.15, 0.2) is 24.3 Å². The first-order valence-corrected chi connectivity index (χ1v) is 37.6. The lowest BCUT2D eigenvalue weighted by Crippen LogP contribution is -2.66. The van der Waals surface area contributed by atoms with Gasteiger partial charge in [0.05, 0.1) is 38.6 Å². The lowest BCUT2D eigenvalue weighted by atomic mass is 9.96. The number of carbonyl (C=O) groups is 1. The maximum atomic E-state index is 13.4. The van der Waals surface area contributed by atoms with Crippen LogP contribution < -0.4 is 5.32 Å². The zero-order chi connectivity index (χ0) is 66.8. The summed E-state index contributed by atoms with van der Waals surface area (Å²) in [6.07, 6.45) is 37.3. The molecular weight excluding hydrogens is 1180 g/mol. The molecule has 0 aromatic rings. The molecule has 1 amide bonds. The van der Waals surface area contributed by atoms with Crippen LogP contribution >= 0.6 is 0 Å². The smallest absolute Gasteiger partial charge is 0.220 e. The second kappa shape index (κ2) is 55.2. The van der Waals surface area contributed by atoms with Gasteiger partial charge in [-0.1, -0.05) is 289 Å². The normalized spacial score (nSPS) is 27.8. The van der Waals surface area contributed by atoms with Crippen molar-refractivity contribution < 1.29 is 89.4 Å². The van der Waals surface area contributed by atoms with Crippen molar-refractivity contribution in [1.29, 1.82) is 0 Å². The number of unbranched alkanes of at least 4 members (excludes halogenated alkanes) is 41. The number of aliphatic hydroxyl groups excluding tert-OH is 11. The van der Waals surface area contributed by atoms with E-state index in [1.54, 1.807) is 6.08 Å². The molecule has 92 heavy (non-hydrogen) atoms. The Kier molecular flexibility index (Phi) is 50.7. The summed E-state index contributed by atoms with van der Waals surface area (Å²) in [5.74, 6) is -0.279. The second-order valence-corrected chi connectivity index (χ2v) is 27.1. The first-order chi connectivity index (χ1) is 44.8. The van der Waals surface area contributed by atoms with E-state index in [4.69, 9.17) is 28.4 Å². The fraction of sp³-hybridized carbons (Fsp3) is 0.932. The monoisotopic (exact) mass is 1320 g/mol. The van der Waals surface area contributed by atoms with E-state index in [1.807, 2.05) is 6.08 Å². The summed E-state index contributed by atoms with van der Waals surface area (Å²) >= 11 is 0. The summed E-state index contributed by atoms with van der Waals surface area (Å²) in [5, 5.41) is 121. The Labute approximate surface area is 556 Å². The van der Waals surface area contributed by atoms with E-state index in [1.165, 1.54) is 231 Å². The van der Waals surface area contributed by atoms with Gasteiger partial charge in [0.25, 0.3) is 0 Å². The molecule has 19 heteroatoms. The van der Waals surface area contributed by atoms with Gasteiger partial charge in [0.2, 0.25) is 5.91 Å². The van der Waals surface area contributed by atoms with Crippen molar-refractivity contribution in [1.82, 2.24) is 5.32 Å². The standard InChI is InChI=1S/C73H137NO18/c1-3-5-7-9-11-13-15-17-19-21-23-25-27-29-30-32-34-36-38-40-42-44-46-48-50-57(78)56(74-61(79)51-49-47-45-43-41-39-37-35-33-31-28-26-24-22-20-18-16-14-12-10-8-6-4-2)55-87-71-67(85)64(82)69(59(53-76)89-71)92-73-68(86)65(83)70(60(54-77)90-73)91-72-66(84)63(81)62(80)58(52-75)88-72/h40,42,48,50,56-60,62-73,75-78,80-86H,3-39,41,43-47,49,51-55H2,1-2H3,(H,74,79)/b42-40+,50-48+. The van der Waals surface area contributed by atoms with E-state index >= 15 is 0 Å². The topological polar surface area (TPSA) is 307 Å². The summed E-state index contributed by atoms with van der Waals surface area (Å²) in [4.78, 5) is 13.4. The van der Waals surface area contributed by atoms with Gasteiger partial charge in [0, 0.05) is 6.42 Å². The van der Waals surface area contributed by atoms with E-state index in [0.717, 1.165) is 38.5 Å². The molecule has 0 aromatic heterocycles. The third kappa shape index (κ3) is 36.2. The number of ether oxygens (including phenoxy) is 6. The Morgan fingerprint density at radius 3 is 1.09 bits per heavy atom. The molecule has 0 radical (unpaired) electrons. The highest BCUT2D eigenvalue weighted by Crippen LogP contribution is 2.33. The Balaban J connectivity index is 1.42. The summed E-state index contributed by atoms with van der Waals surface area (Å²) in [7, 11) is 0. The SMILES string of the molecule is CCCCCCCCCCCCCCCCCCCC/C=C/CC/C=C/C(O)C(COC1OC(CO)C(OC2OC(CO)C(OC3OC(CO)C(O)C(O)C3O)C(O)C2O)C(O)C1O)NC(=O)CCCCCCCCCCCCCCCCCCCCCCCCC. The van der Waals surface area contributed by atoms with Crippen LogP contribution in [0.5, 0.6) is 0 Å². The molecule has 17 atom stereocenters. The Morgan fingerprint density at radius 2 is 0.696 bits per heavy atom. The lowest BCUT2D eigenvalue weighted by Gasteiger charge is -2.48. The van der Waals surface area contributed by atoms with E-state index < -0.39 is 124 Å². The highest BCUT2D eigenvalue weighted by molar-refractivity contribution is 5.76. The zero-order valence-corrected chi connectivity index (χ0v) is 57.5. The molecule has 19 nitrogen and oxygen atoms in total. The van der Waals surface area contributed by atoms with Gasteiger partial charge in [-0.2, -0.15) is 0 Å². The van der Waals surface area contributed by atoms with E-state index in [9.17, 15) is 61.0 Å². The highest BCUT2D eigenvalue weighted by atomic mass is 16.8. The number of rotatable bonds is 59. The van der Waals surface area contributed by atoms with Crippen LogP contribution in [-0.2, 0) is 33.2 Å². The average molecular weight is 1320 g/mol. The van der Waals surface area contributed by atoms with Gasteiger partial charge in [-0.15, -0.1) is 0 Å². The number of hydrogen-bond acceptors (Lipinski definition) is 18. The molecule has 0 spiro atoms. The first-order valence-electron chi connectivity index (χ1n) is 37.6. The van der Waals surface area contributed by atoms with Gasteiger partial charge >= 0.3 is 0 Å². The first kappa shape index (κ1) is 84.5. The third-order valence-electron chi connectivity index (χ3n) is 19.0. The maximum Gasteiger partial charge on any atom is 0.220 e. The maximum absolute atomic E-state index is 13.4. The Bertz CT molecular complexity index is 1760. The van der Waals surface area contributed by atoms with E-state index in [0.29, 0.717) is 12.8 Å². The molecule has 542 valence electrons. The molecule has 17 unspecified atom stereocenters. The molecular formula is C73H137NO18. The summed E-state index contributed by atoms with van der Waals surface area (Å²) in [6.45, 7) is 1.77. The highest BCUT2D eigenvalue weighted by Gasteiger charge is 2.53. The quantitative estimate of drug-likeness (QED) is 0.0199. The van der Waals surface area contributed by atoms with Crippen LogP contribution in [0.25, 0.3) is 0 Å². The van der Waals surface area contributed by atoms with Crippen molar-refractivity contribution >= 4 is 5.91 Å². The zero-order valence-electron chi connectivity index (χ0n) is 57.5. The molecule has 0 aromatic carbocycles. The van der Waals surface area contributed by atoms with Crippen molar-refractivity contribution in [3.05, 3.63) is 24.3 Å². The minimum Gasteiger partial charge on any atom is -0.394 e. The predicted octanol–water partition coefficient (Wildman–Crippen LogP) is 11.0. The molecule has 3 rings (SSSR count).